The molecule has 0 saturated heterocycles. The molecule has 2 aromatic heterocycles. The molecular weight excluding hydrogens is 465 g/mol. The summed E-state index contributed by atoms with van der Waals surface area (Å²) in [4.78, 5) is 33.6. The van der Waals surface area contributed by atoms with E-state index in [-0.39, 0.29) is 23.4 Å². The standard InChI is InChI=1S/C26H22N3O5P/c30-26-21(15-19-11-7-8-14-23(19)34-26)24-22(17-29(28-24)20-12-5-2-6-13-20)25(35(31,32)33)27-16-18-9-3-1-4-10-18/h1-15,17,25,27H,16H2,(H2,31,32,33)/t25-/m0/s1. The molecule has 0 aliphatic rings. The normalized spacial score (nSPS) is 12.6. The van der Waals surface area contributed by atoms with Gasteiger partial charge in [-0.25, -0.2) is 9.48 Å². The third kappa shape index (κ3) is 4.87. The van der Waals surface area contributed by atoms with Crippen LogP contribution in [0.25, 0.3) is 27.9 Å². The Kier molecular flexibility index (Phi) is 6.19. The van der Waals surface area contributed by atoms with Crippen molar-refractivity contribution in [3.8, 4) is 16.9 Å². The van der Waals surface area contributed by atoms with E-state index in [2.05, 4.69) is 10.4 Å². The summed E-state index contributed by atoms with van der Waals surface area (Å²) in [5, 5.41) is 8.23. The van der Waals surface area contributed by atoms with Crippen LogP contribution in [-0.4, -0.2) is 19.6 Å². The van der Waals surface area contributed by atoms with E-state index >= 15 is 0 Å². The zero-order chi connectivity index (χ0) is 24.4. The molecule has 8 nitrogen and oxygen atoms in total. The third-order valence-corrected chi connectivity index (χ3v) is 6.77. The van der Waals surface area contributed by atoms with Gasteiger partial charge in [0, 0.05) is 23.7 Å². The summed E-state index contributed by atoms with van der Waals surface area (Å²) in [5.41, 5.74) is 1.76. The first-order valence-corrected chi connectivity index (χ1v) is 12.6. The quantitative estimate of drug-likeness (QED) is 0.227. The molecule has 2 heterocycles. The smallest absolute Gasteiger partial charge is 0.346 e. The van der Waals surface area contributed by atoms with E-state index in [4.69, 9.17) is 4.42 Å². The van der Waals surface area contributed by atoms with E-state index in [0.717, 1.165) is 5.56 Å². The van der Waals surface area contributed by atoms with Crippen molar-refractivity contribution in [1.29, 1.82) is 0 Å². The van der Waals surface area contributed by atoms with E-state index in [1.165, 1.54) is 4.68 Å². The van der Waals surface area contributed by atoms with Gasteiger partial charge in [0.1, 0.15) is 17.1 Å². The Morgan fingerprint density at radius 3 is 2.31 bits per heavy atom. The molecule has 0 saturated carbocycles. The van der Waals surface area contributed by atoms with Gasteiger partial charge in [0.05, 0.1) is 11.3 Å². The average Bonchev–Trinajstić information content (AvgIpc) is 3.29. The molecule has 0 bridgehead atoms. The monoisotopic (exact) mass is 487 g/mol. The van der Waals surface area contributed by atoms with Crippen molar-refractivity contribution in [1.82, 2.24) is 15.1 Å². The molecule has 0 unspecified atom stereocenters. The Morgan fingerprint density at radius 2 is 1.60 bits per heavy atom. The second-order valence-electron chi connectivity index (χ2n) is 8.06. The van der Waals surface area contributed by atoms with Gasteiger partial charge in [-0.05, 0) is 29.8 Å². The molecule has 35 heavy (non-hydrogen) atoms. The van der Waals surface area contributed by atoms with Gasteiger partial charge in [-0.1, -0.05) is 66.7 Å². The second kappa shape index (κ2) is 9.44. The second-order valence-corrected chi connectivity index (χ2v) is 9.75. The Balaban J connectivity index is 1.67. The summed E-state index contributed by atoms with van der Waals surface area (Å²) in [7, 11) is -4.72. The molecule has 176 valence electrons. The molecule has 5 aromatic rings. The molecule has 0 aliphatic carbocycles. The van der Waals surface area contributed by atoms with Gasteiger partial charge in [-0.3, -0.25) is 9.88 Å². The van der Waals surface area contributed by atoms with Gasteiger partial charge in [0.15, 0.2) is 0 Å². The van der Waals surface area contributed by atoms with Crippen LogP contribution < -0.4 is 10.9 Å². The van der Waals surface area contributed by atoms with E-state index in [0.29, 0.717) is 16.7 Å². The van der Waals surface area contributed by atoms with Crippen LogP contribution in [0.3, 0.4) is 0 Å². The summed E-state index contributed by atoms with van der Waals surface area (Å²) in [6.45, 7) is 0.207. The maximum absolute atomic E-state index is 13.0. The number of para-hydroxylation sites is 2. The molecule has 1 atom stereocenters. The van der Waals surface area contributed by atoms with E-state index in [1.54, 1.807) is 30.5 Å². The van der Waals surface area contributed by atoms with E-state index in [9.17, 15) is 19.1 Å². The number of hydrogen-bond donors (Lipinski definition) is 3. The van der Waals surface area contributed by atoms with E-state index < -0.39 is 19.0 Å². The Bertz CT molecular complexity index is 1580. The number of benzene rings is 3. The highest BCUT2D eigenvalue weighted by molar-refractivity contribution is 7.52. The van der Waals surface area contributed by atoms with Crippen molar-refractivity contribution in [2.24, 2.45) is 0 Å². The molecule has 0 spiro atoms. The maximum atomic E-state index is 13.0. The fraction of sp³-hybridized carbons (Fsp3) is 0.0769. The Labute approximate surface area is 200 Å². The zero-order valence-electron chi connectivity index (χ0n) is 18.5. The van der Waals surface area contributed by atoms with Crippen LogP contribution in [0.1, 0.15) is 16.9 Å². The van der Waals surface area contributed by atoms with Gasteiger partial charge >= 0.3 is 13.2 Å². The minimum Gasteiger partial charge on any atom is -0.422 e. The molecule has 0 amide bonds. The number of fused-ring (bicyclic) bond motifs is 1. The van der Waals surface area contributed by atoms with Crippen molar-refractivity contribution in [3.63, 3.8) is 0 Å². The minimum atomic E-state index is -4.72. The van der Waals surface area contributed by atoms with Gasteiger partial charge in [0.25, 0.3) is 0 Å². The summed E-state index contributed by atoms with van der Waals surface area (Å²) >= 11 is 0. The maximum Gasteiger partial charge on any atom is 0.346 e. The van der Waals surface area contributed by atoms with Crippen molar-refractivity contribution in [2.45, 2.75) is 12.3 Å². The first-order chi connectivity index (χ1) is 16.9. The average molecular weight is 487 g/mol. The number of aromatic nitrogens is 2. The summed E-state index contributed by atoms with van der Waals surface area (Å²) in [6.07, 6.45) is 1.54. The molecule has 0 fully saturated rings. The fourth-order valence-electron chi connectivity index (χ4n) is 3.96. The predicted octanol–water partition coefficient (Wildman–Crippen LogP) is 4.61. The molecule has 9 heteroatoms. The van der Waals surface area contributed by atoms with Crippen LogP contribution in [0.4, 0.5) is 0 Å². The summed E-state index contributed by atoms with van der Waals surface area (Å²) in [5.74, 6) is -1.40. The molecular formula is C26H22N3O5P. The Hall–Kier alpha value is -3.81. The first-order valence-electron chi connectivity index (χ1n) is 10.9. The molecule has 5 rings (SSSR count). The fourth-order valence-corrected chi connectivity index (χ4v) is 4.84. The van der Waals surface area contributed by atoms with Crippen molar-refractivity contribution in [3.05, 3.63) is 119 Å². The highest BCUT2D eigenvalue weighted by Crippen LogP contribution is 2.52. The SMILES string of the molecule is O=c1oc2ccccc2cc1-c1nn(-c2ccccc2)cc1[C@@H](NCc1ccccc1)P(=O)(O)O. The molecule has 3 N–H and O–H groups in total. The lowest BCUT2D eigenvalue weighted by atomic mass is 10.1. The highest BCUT2D eigenvalue weighted by Gasteiger charge is 2.35. The van der Waals surface area contributed by atoms with Gasteiger partial charge in [-0.15, -0.1) is 0 Å². The minimum absolute atomic E-state index is 0.119. The lowest BCUT2D eigenvalue weighted by molar-refractivity contribution is 0.347. The number of hydrogen-bond acceptors (Lipinski definition) is 5. The zero-order valence-corrected chi connectivity index (χ0v) is 19.4. The number of nitrogens with one attached hydrogen (secondary N) is 1. The number of nitrogens with zero attached hydrogens (tertiary/aromatic N) is 2. The summed E-state index contributed by atoms with van der Waals surface area (Å²) < 4.78 is 19.7. The third-order valence-electron chi connectivity index (χ3n) is 5.63. The predicted molar refractivity (Wildman–Crippen MR) is 133 cm³/mol. The van der Waals surface area contributed by atoms with Crippen molar-refractivity contribution in [2.75, 3.05) is 0 Å². The molecule has 0 aliphatic heterocycles. The van der Waals surface area contributed by atoms with Gasteiger partial charge in [-0.2, -0.15) is 5.10 Å². The van der Waals surface area contributed by atoms with Crippen molar-refractivity contribution >= 4 is 18.6 Å². The Morgan fingerprint density at radius 1 is 0.943 bits per heavy atom. The summed E-state index contributed by atoms with van der Waals surface area (Å²) in [6, 6.07) is 27.1. The number of rotatable bonds is 7. The van der Waals surface area contributed by atoms with Crippen LogP contribution in [0, 0.1) is 0 Å². The van der Waals surface area contributed by atoms with Gasteiger partial charge in [0.2, 0.25) is 0 Å². The van der Waals surface area contributed by atoms with E-state index in [1.807, 2.05) is 66.7 Å². The molecule has 3 aromatic carbocycles. The molecule has 0 radical (unpaired) electrons. The van der Waals surface area contributed by atoms with Crippen LogP contribution >= 0.6 is 7.60 Å². The van der Waals surface area contributed by atoms with Crippen LogP contribution in [0.15, 0.2) is 106 Å². The van der Waals surface area contributed by atoms with Gasteiger partial charge < -0.3 is 14.2 Å². The lowest BCUT2D eigenvalue weighted by Crippen LogP contribution is -2.22. The largest absolute Gasteiger partial charge is 0.422 e. The highest BCUT2D eigenvalue weighted by atomic mass is 31.2. The lowest BCUT2D eigenvalue weighted by Gasteiger charge is -2.20. The first kappa shape index (κ1) is 23.0. The van der Waals surface area contributed by atoms with Crippen LogP contribution in [0.5, 0.6) is 0 Å². The van der Waals surface area contributed by atoms with Crippen LogP contribution in [-0.2, 0) is 11.1 Å². The topological polar surface area (TPSA) is 118 Å². The van der Waals surface area contributed by atoms with Crippen molar-refractivity contribution < 1.29 is 18.8 Å². The van der Waals surface area contributed by atoms with Crippen LogP contribution in [0.2, 0.25) is 0 Å².